The van der Waals surface area contributed by atoms with E-state index in [-0.39, 0.29) is 5.91 Å². The van der Waals surface area contributed by atoms with Crippen molar-refractivity contribution in [2.75, 3.05) is 26.2 Å². The largest absolute Gasteiger partial charge is 0.478 e. The molecule has 8 heteroatoms. The fourth-order valence-electron chi connectivity index (χ4n) is 4.90. The van der Waals surface area contributed by atoms with Crippen molar-refractivity contribution in [2.45, 2.75) is 25.8 Å². The number of amides is 1. The van der Waals surface area contributed by atoms with Crippen LogP contribution in [-0.2, 0) is 22.6 Å². The number of fused-ring (bicyclic) bond motifs is 2. The lowest BCUT2D eigenvalue weighted by Crippen LogP contribution is -2.42. The number of hydrogen-bond donors (Lipinski definition) is 3. The van der Waals surface area contributed by atoms with Gasteiger partial charge in [0.05, 0.1) is 0 Å². The van der Waals surface area contributed by atoms with E-state index in [0.29, 0.717) is 23.8 Å². The second kappa shape index (κ2) is 11.7. The number of hydrogen-bond acceptors (Lipinski definition) is 4. The molecule has 1 amide bonds. The summed E-state index contributed by atoms with van der Waals surface area (Å²) >= 11 is 0. The highest BCUT2D eigenvalue weighted by molar-refractivity contribution is 5.98. The Hall–Kier alpha value is -3.91. The number of aromatic amines is 1. The SMILES string of the molecule is O=C(O)C=CC(=O)O.O=C(c1cc2ccccc2[nH]1)N1CCC(CN2CCc3ccccc3C2)CC1. The molecule has 188 valence electrons. The first kappa shape index (κ1) is 25.2. The van der Waals surface area contributed by atoms with Gasteiger partial charge in [-0.2, -0.15) is 0 Å². The summed E-state index contributed by atoms with van der Waals surface area (Å²) in [4.78, 5) is 39.9. The number of nitrogens with one attached hydrogen (secondary N) is 1. The Morgan fingerprint density at radius 3 is 2.19 bits per heavy atom. The van der Waals surface area contributed by atoms with Gasteiger partial charge >= 0.3 is 11.9 Å². The molecule has 2 aliphatic rings. The van der Waals surface area contributed by atoms with Gasteiger partial charge in [-0.1, -0.05) is 42.5 Å². The van der Waals surface area contributed by atoms with E-state index in [9.17, 15) is 14.4 Å². The number of aromatic nitrogens is 1. The highest BCUT2D eigenvalue weighted by Crippen LogP contribution is 2.25. The van der Waals surface area contributed by atoms with Gasteiger partial charge in [0, 0.05) is 55.8 Å². The molecule has 2 aliphatic heterocycles. The van der Waals surface area contributed by atoms with Gasteiger partial charge in [-0.25, -0.2) is 9.59 Å². The van der Waals surface area contributed by atoms with Crippen LogP contribution in [0, 0.1) is 5.92 Å². The second-order valence-corrected chi connectivity index (χ2v) is 9.27. The molecule has 3 N–H and O–H groups in total. The minimum Gasteiger partial charge on any atom is -0.478 e. The molecule has 0 radical (unpaired) electrons. The molecule has 5 rings (SSSR count). The first-order valence-corrected chi connectivity index (χ1v) is 12.2. The Labute approximate surface area is 209 Å². The fraction of sp³-hybridized carbons (Fsp3) is 0.321. The molecule has 3 heterocycles. The van der Waals surface area contributed by atoms with Crippen LogP contribution in [0.2, 0.25) is 0 Å². The molecule has 0 spiro atoms. The first-order valence-electron chi connectivity index (χ1n) is 12.2. The Morgan fingerprint density at radius 1 is 0.889 bits per heavy atom. The van der Waals surface area contributed by atoms with Crippen LogP contribution in [0.5, 0.6) is 0 Å². The quantitative estimate of drug-likeness (QED) is 0.470. The van der Waals surface area contributed by atoms with E-state index < -0.39 is 11.9 Å². The normalized spacial score (nSPS) is 16.4. The zero-order chi connectivity index (χ0) is 25.5. The molecule has 8 nitrogen and oxygen atoms in total. The maximum Gasteiger partial charge on any atom is 0.328 e. The summed E-state index contributed by atoms with van der Waals surface area (Å²) in [6.45, 7) is 5.12. The van der Waals surface area contributed by atoms with Crippen molar-refractivity contribution in [3.05, 3.63) is 83.6 Å². The topological polar surface area (TPSA) is 114 Å². The molecule has 0 atom stereocenters. The lowest BCUT2D eigenvalue weighted by Gasteiger charge is -2.36. The molecular weight excluding hydrogens is 458 g/mol. The zero-order valence-corrected chi connectivity index (χ0v) is 20.1. The van der Waals surface area contributed by atoms with Crippen LogP contribution in [0.25, 0.3) is 10.9 Å². The fourth-order valence-corrected chi connectivity index (χ4v) is 4.90. The highest BCUT2D eigenvalue weighted by atomic mass is 16.4. The summed E-state index contributed by atoms with van der Waals surface area (Å²) in [7, 11) is 0. The smallest absolute Gasteiger partial charge is 0.328 e. The summed E-state index contributed by atoms with van der Waals surface area (Å²) in [5.74, 6) is -1.68. The van der Waals surface area contributed by atoms with Crippen LogP contribution in [0.1, 0.15) is 34.5 Å². The van der Waals surface area contributed by atoms with Crippen LogP contribution in [0.15, 0.2) is 66.7 Å². The number of carboxylic acid groups (broad SMARTS) is 2. The number of rotatable bonds is 5. The summed E-state index contributed by atoms with van der Waals surface area (Å²) in [5, 5.41) is 16.7. The van der Waals surface area contributed by atoms with Crippen molar-refractivity contribution in [3.8, 4) is 0 Å². The standard InChI is InChI=1S/C24H27N3O.C4H4O4/c28-24(23-15-20-6-3-4-8-22(20)25-23)27-13-9-18(10-14-27)16-26-12-11-19-5-1-2-7-21(19)17-26;5-3(6)1-2-4(7)8/h1-8,15,18,25H,9-14,16-17H2;1-2H,(H,5,6)(H,7,8). The summed E-state index contributed by atoms with van der Waals surface area (Å²) in [5.41, 5.74) is 4.75. The molecule has 2 aromatic carbocycles. The van der Waals surface area contributed by atoms with Gasteiger partial charge in [-0.05, 0) is 48.4 Å². The van der Waals surface area contributed by atoms with Crippen molar-refractivity contribution in [1.82, 2.24) is 14.8 Å². The van der Waals surface area contributed by atoms with Crippen LogP contribution >= 0.6 is 0 Å². The van der Waals surface area contributed by atoms with Crippen molar-refractivity contribution in [3.63, 3.8) is 0 Å². The zero-order valence-electron chi connectivity index (χ0n) is 20.1. The lowest BCUT2D eigenvalue weighted by molar-refractivity contribution is -0.134. The van der Waals surface area contributed by atoms with Gasteiger partial charge < -0.3 is 20.1 Å². The van der Waals surface area contributed by atoms with Crippen LogP contribution in [-0.4, -0.2) is 69.0 Å². The molecule has 1 aromatic heterocycles. The first-order chi connectivity index (χ1) is 17.4. The number of nitrogens with zero attached hydrogens (tertiary/aromatic N) is 2. The average molecular weight is 490 g/mol. The van der Waals surface area contributed by atoms with E-state index >= 15 is 0 Å². The molecule has 0 saturated carbocycles. The monoisotopic (exact) mass is 489 g/mol. The summed E-state index contributed by atoms with van der Waals surface area (Å²) in [6, 6.07) is 18.9. The maximum atomic E-state index is 12.9. The molecule has 1 saturated heterocycles. The van der Waals surface area contributed by atoms with E-state index in [1.54, 1.807) is 0 Å². The van der Waals surface area contributed by atoms with E-state index in [1.807, 2.05) is 35.2 Å². The number of benzene rings is 2. The Kier molecular flexibility index (Phi) is 8.17. The Bertz CT molecular complexity index is 1210. The minimum absolute atomic E-state index is 0.140. The predicted octanol–water partition coefficient (Wildman–Crippen LogP) is 3.79. The lowest BCUT2D eigenvalue weighted by atomic mass is 9.93. The van der Waals surface area contributed by atoms with Crippen molar-refractivity contribution >= 4 is 28.7 Å². The molecular formula is C28H31N3O5. The van der Waals surface area contributed by atoms with Gasteiger partial charge in [0.1, 0.15) is 5.69 Å². The molecule has 0 aliphatic carbocycles. The number of H-pyrrole nitrogens is 1. The highest BCUT2D eigenvalue weighted by Gasteiger charge is 2.27. The van der Waals surface area contributed by atoms with Gasteiger partial charge in [-0.15, -0.1) is 0 Å². The van der Waals surface area contributed by atoms with Crippen LogP contribution < -0.4 is 0 Å². The molecule has 0 unspecified atom stereocenters. The third-order valence-electron chi connectivity index (χ3n) is 6.76. The Morgan fingerprint density at radius 2 is 1.53 bits per heavy atom. The van der Waals surface area contributed by atoms with Crippen molar-refractivity contribution in [2.24, 2.45) is 5.92 Å². The number of piperidine rings is 1. The van der Waals surface area contributed by atoms with Crippen LogP contribution in [0.3, 0.4) is 0 Å². The van der Waals surface area contributed by atoms with E-state index in [4.69, 9.17) is 10.2 Å². The summed E-state index contributed by atoms with van der Waals surface area (Å²) < 4.78 is 0. The molecule has 3 aromatic rings. The molecule has 36 heavy (non-hydrogen) atoms. The minimum atomic E-state index is -1.26. The van der Waals surface area contributed by atoms with Gasteiger partial charge in [0.25, 0.3) is 5.91 Å². The van der Waals surface area contributed by atoms with Gasteiger partial charge in [0.15, 0.2) is 0 Å². The Balaban J connectivity index is 0.000000331. The number of likely N-dealkylation sites (tertiary alicyclic amines) is 1. The van der Waals surface area contributed by atoms with Gasteiger partial charge in [0.2, 0.25) is 0 Å². The average Bonchev–Trinajstić information content (AvgIpc) is 3.32. The third-order valence-corrected chi connectivity index (χ3v) is 6.76. The third kappa shape index (κ3) is 6.60. The van der Waals surface area contributed by atoms with E-state index in [0.717, 1.165) is 62.9 Å². The van der Waals surface area contributed by atoms with Crippen molar-refractivity contribution < 1.29 is 24.6 Å². The number of carbonyl (C=O) groups excluding carboxylic acids is 1. The second-order valence-electron chi connectivity index (χ2n) is 9.27. The van der Waals surface area contributed by atoms with E-state index in [1.165, 1.54) is 11.1 Å². The number of carboxylic acids is 2. The van der Waals surface area contributed by atoms with Gasteiger partial charge in [-0.3, -0.25) is 9.69 Å². The number of aliphatic carboxylic acids is 2. The number of carbonyl (C=O) groups is 3. The van der Waals surface area contributed by atoms with Crippen molar-refractivity contribution in [1.29, 1.82) is 0 Å². The number of para-hydroxylation sites is 1. The molecule has 1 fully saturated rings. The predicted molar refractivity (Wildman–Crippen MR) is 137 cm³/mol. The van der Waals surface area contributed by atoms with Crippen LogP contribution in [0.4, 0.5) is 0 Å². The molecule has 0 bridgehead atoms. The van der Waals surface area contributed by atoms with E-state index in [2.05, 4.69) is 34.1 Å². The maximum absolute atomic E-state index is 12.9. The summed E-state index contributed by atoms with van der Waals surface area (Å²) in [6.07, 6.45) is 4.48.